The molecular weight excluding hydrogens is 450 g/mol. The Bertz CT molecular complexity index is 1200. The zero-order chi connectivity index (χ0) is 24.3. The quantitative estimate of drug-likeness (QED) is 0.387. The number of aromatic nitrogens is 2. The molecular formula is C26H29N3O4S. The van der Waals surface area contributed by atoms with E-state index in [0.717, 1.165) is 23.3 Å². The van der Waals surface area contributed by atoms with Crippen molar-refractivity contribution in [2.75, 3.05) is 0 Å². The third kappa shape index (κ3) is 5.80. The molecule has 1 aliphatic carbocycles. The topological polar surface area (TPSA) is 94.3 Å². The van der Waals surface area contributed by atoms with E-state index in [9.17, 15) is 9.59 Å². The van der Waals surface area contributed by atoms with Crippen LogP contribution >= 0.6 is 11.3 Å². The van der Waals surface area contributed by atoms with Crippen LogP contribution in [0.4, 0.5) is 0 Å². The van der Waals surface area contributed by atoms with E-state index in [4.69, 9.17) is 9.15 Å². The van der Waals surface area contributed by atoms with Crippen molar-refractivity contribution in [3.63, 3.8) is 0 Å². The van der Waals surface area contributed by atoms with Crippen molar-refractivity contribution in [1.82, 2.24) is 15.5 Å². The minimum Gasteiger partial charge on any atom is -0.451 e. The van der Waals surface area contributed by atoms with Gasteiger partial charge in [0.15, 0.2) is 6.61 Å². The van der Waals surface area contributed by atoms with Gasteiger partial charge in [-0.3, -0.25) is 4.79 Å². The molecule has 0 radical (unpaired) electrons. The Morgan fingerprint density at radius 3 is 2.71 bits per heavy atom. The summed E-state index contributed by atoms with van der Waals surface area (Å²) in [6.45, 7) is 8.05. The Labute approximate surface area is 203 Å². The Hall–Kier alpha value is -3.26. The first-order chi connectivity index (χ1) is 16.2. The van der Waals surface area contributed by atoms with Crippen molar-refractivity contribution in [3.05, 3.63) is 64.0 Å². The Morgan fingerprint density at radius 2 is 2.00 bits per heavy atom. The highest BCUT2D eigenvalue weighted by Gasteiger charge is 2.30. The van der Waals surface area contributed by atoms with Crippen LogP contribution in [0.3, 0.4) is 0 Å². The van der Waals surface area contributed by atoms with Crippen LogP contribution in [0.1, 0.15) is 56.0 Å². The summed E-state index contributed by atoms with van der Waals surface area (Å²) in [7, 11) is 0. The number of benzene rings is 1. The number of hydrogen-bond donors (Lipinski definition) is 1. The second kappa shape index (κ2) is 9.93. The lowest BCUT2D eigenvalue weighted by atomic mass is 9.72. The molecule has 7 nitrogen and oxygen atoms in total. The standard InChI is InChI=1S/C26H29N3O4S/c1-16(30)27-20(12-17-8-6-5-7-9-17)25(31)32-15-23-28-29-24(33-23)22-14-18-13-19(26(2,3)4)10-11-21(18)34-22/h5-9,12,14,19H,10-11,13,15H2,1-4H3,(H,27,30)/b20-12-. The fourth-order valence-corrected chi connectivity index (χ4v) is 5.17. The van der Waals surface area contributed by atoms with Gasteiger partial charge in [-0.05, 0) is 53.9 Å². The van der Waals surface area contributed by atoms with E-state index in [-0.39, 0.29) is 29.5 Å². The van der Waals surface area contributed by atoms with Crippen molar-refractivity contribution in [2.24, 2.45) is 11.3 Å². The Balaban J connectivity index is 1.42. The van der Waals surface area contributed by atoms with Crippen LogP contribution < -0.4 is 5.32 Å². The van der Waals surface area contributed by atoms with Gasteiger partial charge in [-0.1, -0.05) is 51.1 Å². The Morgan fingerprint density at radius 1 is 1.24 bits per heavy atom. The van der Waals surface area contributed by atoms with E-state index < -0.39 is 5.97 Å². The van der Waals surface area contributed by atoms with Gasteiger partial charge in [0.05, 0.1) is 4.88 Å². The van der Waals surface area contributed by atoms with Gasteiger partial charge in [-0.15, -0.1) is 21.5 Å². The molecule has 1 atom stereocenters. The van der Waals surface area contributed by atoms with E-state index in [1.165, 1.54) is 23.8 Å². The monoisotopic (exact) mass is 479 g/mol. The number of thiophene rings is 1. The summed E-state index contributed by atoms with van der Waals surface area (Å²) in [5.41, 5.74) is 2.45. The minimum absolute atomic E-state index is 0.0396. The lowest BCUT2D eigenvalue weighted by Gasteiger charge is -2.33. The third-order valence-electron chi connectivity index (χ3n) is 5.95. The second-order valence-electron chi connectivity index (χ2n) is 9.59. The number of nitrogens with one attached hydrogen (secondary N) is 1. The SMILES string of the molecule is CC(=O)N/C(=C\c1ccccc1)C(=O)OCc1nnc(-c2cc3c(s2)CCC(C(C)(C)C)C3)o1. The number of carbonyl (C=O) groups is 2. The highest BCUT2D eigenvalue weighted by molar-refractivity contribution is 7.15. The van der Waals surface area contributed by atoms with Crippen LogP contribution in [0.2, 0.25) is 0 Å². The summed E-state index contributed by atoms with van der Waals surface area (Å²) < 4.78 is 11.1. The molecule has 1 unspecified atom stereocenters. The average molecular weight is 480 g/mol. The van der Waals surface area contributed by atoms with Gasteiger partial charge in [0.1, 0.15) is 5.70 Å². The largest absolute Gasteiger partial charge is 0.451 e. The van der Waals surface area contributed by atoms with Crippen molar-refractivity contribution in [1.29, 1.82) is 0 Å². The number of aryl methyl sites for hydroxylation is 1. The van der Waals surface area contributed by atoms with Gasteiger partial charge < -0.3 is 14.5 Å². The number of rotatable bonds is 6. The highest BCUT2D eigenvalue weighted by atomic mass is 32.1. The number of amides is 1. The summed E-state index contributed by atoms with van der Waals surface area (Å²) >= 11 is 1.69. The highest BCUT2D eigenvalue weighted by Crippen LogP contribution is 2.42. The first-order valence-electron chi connectivity index (χ1n) is 11.3. The number of hydrogen-bond acceptors (Lipinski definition) is 7. The van der Waals surface area contributed by atoms with Crippen molar-refractivity contribution in [2.45, 2.75) is 53.6 Å². The number of nitrogens with zero attached hydrogens (tertiary/aromatic N) is 2. The summed E-state index contributed by atoms with van der Waals surface area (Å²) in [5, 5.41) is 10.7. The molecule has 1 aromatic carbocycles. The maximum absolute atomic E-state index is 12.6. The molecule has 0 saturated carbocycles. The van der Waals surface area contributed by atoms with Gasteiger partial charge in [0, 0.05) is 11.8 Å². The maximum atomic E-state index is 12.6. The van der Waals surface area contributed by atoms with Crippen molar-refractivity contribution < 1.29 is 18.7 Å². The summed E-state index contributed by atoms with van der Waals surface area (Å²) in [6.07, 6.45) is 4.88. The lowest BCUT2D eigenvalue weighted by molar-refractivity contribution is -0.142. The zero-order valence-electron chi connectivity index (χ0n) is 19.9. The summed E-state index contributed by atoms with van der Waals surface area (Å²) in [4.78, 5) is 26.4. The predicted octanol–water partition coefficient (Wildman–Crippen LogP) is 5.17. The van der Waals surface area contributed by atoms with E-state index in [1.807, 2.05) is 30.3 Å². The lowest BCUT2D eigenvalue weighted by Crippen LogP contribution is -2.26. The fraction of sp³-hybridized carbons (Fsp3) is 0.385. The van der Waals surface area contributed by atoms with Crippen LogP contribution in [-0.2, 0) is 33.8 Å². The molecule has 178 valence electrons. The number of carbonyl (C=O) groups excluding carboxylic acids is 2. The third-order valence-corrected chi connectivity index (χ3v) is 7.18. The second-order valence-corrected chi connectivity index (χ2v) is 10.7. The average Bonchev–Trinajstić information content (AvgIpc) is 3.43. The van der Waals surface area contributed by atoms with E-state index in [2.05, 4.69) is 42.4 Å². The number of fused-ring (bicyclic) bond motifs is 1. The van der Waals surface area contributed by atoms with Gasteiger partial charge in [-0.2, -0.15) is 0 Å². The molecule has 4 rings (SSSR count). The molecule has 0 spiro atoms. The normalized spacial score (nSPS) is 16.1. The van der Waals surface area contributed by atoms with Crippen LogP contribution in [-0.4, -0.2) is 22.1 Å². The number of ether oxygens (including phenoxy) is 1. The van der Waals surface area contributed by atoms with Crippen LogP contribution in [0.5, 0.6) is 0 Å². The van der Waals surface area contributed by atoms with Crippen LogP contribution in [0.25, 0.3) is 16.8 Å². The van der Waals surface area contributed by atoms with Gasteiger partial charge >= 0.3 is 5.97 Å². The molecule has 1 N–H and O–H groups in total. The molecule has 2 aromatic heterocycles. The summed E-state index contributed by atoms with van der Waals surface area (Å²) in [6, 6.07) is 11.3. The van der Waals surface area contributed by atoms with Crippen molar-refractivity contribution >= 4 is 29.3 Å². The molecule has 0 saturated heterocycles. The summed E-state index contributed by atoms with van der Waals surface area (Å²) in [5.74, 6) is 0.235. The molecule has 3 aromatic rings. The first kappa shape index (κ1) is 23.9. The van der Waals surface area contributed by atoms with Gasteiger partial charge in [0.2, 0.25) is 5.91 Å². The minimum atomic E-state index is -0.682. The van der Waals surface area contributed by atoms with Crippen molar-refractivity contribution in [3.8, 4) is 10.8 Å². The predicted molar refractivity (Wildman–Crippen MR) is 131 cm³/mol. The van der Waals surface area contributed by atoms with E-state index >= 15 is 0 Å². The Kier molecular flexibility index (Phi) is 6.97. The molecule has 0 aliphatic heterocycles. The molecule has 34 heavy (non-hydrogen) atoms. The van der Waals surface area contributed by atoms with Gasteiger partial charge in [0.25, 0.3) is 11.8 Å². The molecule has 1 aliphatic rings. The fourth-order valence-electron chi connectivity index (χ4n) is 4.04. The molecule has 8 heteroatoms. The van der Waals surface area contributed by atoms with E-state index in [1.54, 1.807) is 17.4 Å². The molecule has 0 bridgehead atoms. The smallest absolute Gasteiger partial charge is 0.355 e. The van der Waals surface area contributed by atoms with Crippen LogP contribution in [0.15, 0.2) is 46.5 Å². The maximum Gasteiger partial charge on any atom is 0.355 e. The van der Waals surface area contributed by atoms with E-state index in [0.29, 0.717) is 11.8 Å². The molecule has 1 amide bonds. The molecule has 2 heterocycles. The first-order valence-corrected chi connectivity index (χ1v) is 12.2. The zero-order valence-corrected chi connectivity index (χ0v) is 20.7. The van der Waals surface area contributed by atoms with Gasteiger partial charge in [-0.25, -0.2) is 4.79 Å². The number of esters is 1. The molecule has 0 fully saturated rings. The van der Waals surface area contributed by atoms with Crippen LogP contribution in [0, 0.1) is 11.3 Å².